The van der Waals surface area contributed by atoms with Gasteiger partial charge in [0, 0.05) is 24.8 Å². The van der Waals surface area contributed by atoms with Crippen molar-refractivity contribution in [1.29, 1.82) is 0 Å². The molecule has 2 aromatic rings. The predicted octanol–water partition coefficient (Wildman–Crippen LogP) is 1.28. The monoisotopic (exact) mass is 161 g/mol. The van der Waals surface area contributed by atoms with Crippen LogP contribution in [-0.2, 0) is 0 Å². The Hall–Kier alpha value is -1.77. The van der Waals surface area contributed by atoms with Crippen LogP contribution in [-0.4, -0.2) is 9.66 Å². The Morgan fingerprint density at radius 1 is 0.833 bits per heavy atom. The van der Waals surface area contributed by atoms with Gasteiger partial charge in [0.2, 0.25) is 0 Å². The summed E-state index contributed by atoms with van der Waals surface area (Å²) in [6, 6.07) is 9.47. The zero-order valence-corrected chi connectivity index (χ0v) is 6.67. The molecule has 0 saturated carbocycles. The quantitative estimate of drug-likeness (QED) is 0.591. The van der Waals surface area contributed by atoms with Crippen molar-refractivity contribution in [3.05, 3.63) is 55.1 Å². The molecule has 3 nitrogen and oxygen atoms in total. The van der Waals surface area contributed by atoms with Crippen LogP contribution in [0.5, 0.6) is 0 Å². The summed E-state index contributed by atoms with van der Waals surface area (Å²) in [5.41, 5.74) is 0. The highest BCUT2D eigenvalue weighted by atomic mass is 15.3. The smallest absolute Gasteiger partial charge is 0.0267 e. The third kappa shape index (κ3) is 3.41. The van der Waals surface area contributed by atoms with Gasteiger partial charge in [0.1, 0.15) is 0 Å². The average Bonchev–Trinajstić information content (AvgIpc) is 2.60. The number of nitrogens with two attached hydrogens (primary N) is 1. The molecule has 0 fully saturated rings. The van der Waals surface area contributed by atoms with E-state index < -0.39 is 0 Å². The molecule has 0 aliphatic heterocycles. The number of aromatic nitrogens is 2. The van der Waals surface area contributed by atoms with Gasteiger partial charge in [-0.15, -0.1) is 0 Å². The SMILES string of the molecule is Nn1cccc1.c1ccncc1. The summed E-state index contributed by atoms with van der Waals surface area (Å²) in [5.74, 6) is 5.19. The molecule has 0 spiro atoms. The van der Waals surface area contributed by atoms with Gasteiger partial charge in [0.15, 0.2) is 0 Å². The lowest BCUT2D eigenvalue weighted by Crippen LogP contribution is -2.02. The second-order valence-corrected chi connectivity index (χ2v) is 2.15. The first kappa shape index (κ1) is 8.33. The molecule has 2 aromatic heterocycles. The van der Waals surface area contributed by atoms with Crippen molar-refractivity contribution in [2.24, 2.45) is 0 Å². The van der Waals surface area contributed by atoms with Gasteiger partial charge in [-0.25, -0.2) is 0 Å². The fourth-order valence-electron chi connectivity index (χ4n) is 0.660. The summed E-state index contributed by atoms with van der Waals surface area (Å²) >= 11 is 0. The fourth-order valence-corrected chi connectivity index (χ4v) is 0.660. The van der Waals surface area contributed by atoms with Gasteiger partial charge in [-0.3, -0.25) is 9.66 Å². The van der Waals surface area contributed by atoms with E-state index in [1.165, 1.54) is 4.68 Å². The Bertz CT molecular complexity index is 249. The van der Waals surface area contributed by atoms with E-state index in [1.807, 2.05) is 30.3 Å². The summed E-state index contributed by atoms with van der Waals surface area (Å²) < 4.78 is 1.50. The topological polar surface area (TPSA) is 43.8 Å². The maximum atomic E-state index is 5.19. The molecule has 0 unspecified atom stereocenters. The van der Waals surface area contributed by atoms with Gasteiger partial charge in [-0.2, -0.15) is 0 Å². The van der Waals surface area contributed by atoms with E-state index in [0.717, 1.165) is 0 Å². The highest BCUT2D eigenvalue weighted by molar-refractivity contribution is 4.89. The lowest BCUT2D eigenvalue weighted by Gasteiger charge is -1.81. The van der Waals surface area contributed by atoms with Gasteiger partial charge in [0.25, 0.3) is 0 Å². The molecule has 0 bridgehead atoms. The van der Waals surface area contributed by atoms with Crippen LogP contribution >= 0.6 is 0 Å². The second-order valence-electron chi connectivity index (χ2n) is 2.15. The molecule has 0 atom stereocenters. The number of pyridine rings is 1. The third-order valence-electron chi connectivity index (χ3n) is 1.19. The molecular weight excluding hydrogens is 150 g/mol. The summed E-state index contributed by atoms with van der Waals surface area (Å²) in [4.78, 5) is 3.78. The maximum Gasteiger partial charge on any atom is 0.0267 e. The van der Waals surface area contributed by atoms with Crippen LogP contribution in [0.3, 0.4) is 0 Å². The molecule has 3 heteroatoms. The zero-order valence-electron chi connectivity index (χ0n) is 6.67. The van der Waals surface area contributed by atoms with E-state index >= 15 is 0 Å². The number of nitrogen functional groups attached to an aromatic ring is 1. The molecular formula is C9H11N3. The highest BCUT2D eigenvalue weighted by Gasteiger charge is 1.68. The van der Waals surface area contributed by atoms with Crippen molar-refractivity contribution in [1.82, 2.24) is 9.66 Å². The zero-order chi connectivity index (χ0) is 8.65. The number of hydrogen-bond donors (Lipinski definition) is 1. The maximum absolute atomic E-state index is 5.19. The van der Waals surface area contributed by atoms with Crippen LogP contribution in [0.4, 0.5) is 0 Å². The van der Waals surface area contributed by atoms with Crippen molar-refractivity contribution in [2.75, 3.05) is 5.84 Å². The van der Waals surface area contributed by atoms with Crippen LogP contribution in [0.25, 0.3) is 0 Å². The standard InChI is InChI=1S/C5H5N.C4H6N2/c1-2-4-6-5-3-1;5-6-3-1-2-4-6/h1-5H;1-4H,5H2. The minimum absolute atomic E-state index is 1.50. The summed E-state index contributed by atoms with van der Waals surface area (Å²) in [6.07, 6.45) is 7.06. The summed E-state index contributed by atoms with van der Waals surface area (Å²) in [7, 11) is 0. The number of rotatable bonds is 0. The lowest BCUT2D eigenvalue weighted by atomic mass is 10.5. The van der Waals surface area contributed by atoms with Crippen LogP contribution in [0.15, 0.2) is 55.1 Å². The van der Waals surface area contributed by atoms with Crippen molar-refractivity contribution >= 4 is 0 Å². The molecule has 0 aromatic carbocycles. The van der Waals surface area contributed by atoms with Crippen molar-refractivity contribution in [3.8, 4) is 0 Å². The van der Waals surface area contributed by atoms with Crippen molar-refractivity contribution < 1.29 is 0 Å². The van der Waals surface area contributed by atoms with E-state index in [1.54, 1.807) is 24.8 Å². The Balaban J connectivity index is 0.000000120. The Kier molecular flexibility index (Phi) is 3.44. The molecule has 0 amide bonds. The van der Waals surface area contributed by atoms with E-state index in [2.05, 4.69) is 4.98 Å². The first-order chi connectivity index (χ1) is 5.89. The van der Waals surface area contributed by atoms with Gasteiger partial charge in [0.05, 0.1) is 0 Å². The average molecular weight is 161 g/mol. The molecule has 2 N–H and O–H groups in total. The van der Waals surface area contributed by atoms with E-state index in [-0.39, 0.29) is 0 Å². The summed E-state index contributed by atoms with van der Waals surface area (Å²) in [6.45, 7) is 0. The number of nitrogens with zero attached hydrogens (tertiary/aromatic N) is 2. The minimum atomic E-state index is 1.50. The second kappa shape index (κ2) is 4.96. The van der Waals surface area contributed by atoms with Crippen LogP contribution in [0.1, 0.15) is 0 Å². The van der Waals surface area contributed by atoms with E-state index in [0.29, 0.717) is 0 Å². The van der Waals surface area contributed by atoms with Gasteiger partial charge >= 0.3 is 0 Å². The Morgan fingerprint density at radius 3 is 1.58 bits per heavy atom. The molecule has 2 rings (SSSR count). The van der Waals surface area contributed by atoms with Gasteiger partial charge in [-0.1, -0.05) is 6.07 Å². The van der Waals surface area contributed by atoms with Crippen LogP contribution < -0.4 is 5.84 Å². The molecule has 0 aliphatic rings. The minimum Gasteiger partial charge on any atom is -0.340 e. The van der Waals surface area contributed by atoms with Crippen molar-refractivity contribution in [2.45, 2.75) is 0 Å². The van der Waals surface area contributed by atoms with Crippen LogP contribution in [0, 0.1) is 0 Å². The lowest BCUT2D eigenvalue weighted by molar-refractivity contribution is 1.02. The molecule has 0 radical (unpaired) electrons. The molecule has 0 saturated heterocycles. The highest BCUT2D eigenvalue weighted by Crippen LogP contribution is 1.77. The Morgan fingerprint density at radius 2 is 1.42 bits per heavy atom. The molecule has 0 aliphatic carbocycles. The third-order valence-corrected chi connectivity index (χ3v) is 1.19. The predicted molar refractivity (Wildman–Crippen MR) is 48.8 cm³/mol. The van der Waals surface area contributed by atoms with E-state index in [9.17, 15) is 0 Å². The van der Waals surface area contributed by atoms with Crippen LogP contribution in [0.2, 0.25) is 0 Å². The fraction of sp³-hybridized carbons (Fsp3) is 0. The summed E-state index contributed by atoms with van der Waals surface area (Å²) in [5, 5.41) is 0. The largest absolute Gasteiger partial charge is 0.340 e. The van der Waals surface area contributed by atoms with Gasteiger partial charge in [-0.05, 0) is 24.3 Å². The van der Waals surface area contributed by atoms with Crippen molar-refractivity contribution in [3.63, 3.8) is 0 Å². The molecule has 2 heterocycles. The van der Waals surface area contributed by atoms with Gasteiger partial charge < -0.3 is 5.84 Å². The number of hydrogen-bond acceptors (Lipinski definition) is 2. The first-order valence-corrected chi connectivity index (χ1v) is 3.62. The Labute approximate surface area is 71.4 Å². The molecule has 12 heavy (non-hydrogen) atoms. The first-order valence-electron chi connectivity index (χ1n) is 3.62. The normalized spacial score (nSPS) is 8.33. The van der Waals surface area contributed by atoms with E-state index in [4.69, 9.17) is 5.84 Å². The molecule has 62 valence electrons.